The molecule has 0 aliphatic rings. The normalized spacial score (nSPS) is 10.7. The summed E-state index contributed by atoms with van der Waals surface area (Å²) in [6.07, 6.45) is 4.05. The van der Waals surface area contributed by atoms with Crippen LogP contribution in [-0.2, 0) is 17.6 Å². The number of benzene rings is 3. The van der Waals surface area contributed by atoms with Crippen molar-refractivity contribution in [3.8, 4) is 16.9 Å². The zero-order chi connectivity index (χ0) is 21.5. The van der Waals surface area contributed by atoms with Gasteiger partial charge in [0, 0.05) is 18.1 Å². The lowest BCUT2D eigenvalue weighted by Crippen LogP contribution is -2.26. The van der Waals surface area contributed by atoms with Crippen molar-refractivity contribution in [2.45, 2.75) is 19.3 Å². The molecular formula is C27H26N2O2. The molecule has 156 valence electrons. The van der Waals surface area contributed by atoms with Crippen LogP contribution in [0, 0.1) is 0 Å². The van der Waals surface area contributed by atoms with Gasteiger partial charge in [0.1, 0.15) is 5.75 Å². The summed E-state index contributed by atoms with van der Waals surface area (Å²) < 4.78 is 5.14. The summed E-state index contributed by atoms with van der Waals surface area (Å²) in [5.41, 5.74) is 5.66. The fourth-order valence-electron chi connectivity index (χ4n) is 3.63. The van der Waals surface area contributed by atoms with Crippen molar-refractivity contribution < 1.29 is 9.53 Å². The molecule has 0 aliphatic carbocycles. The van der Waals surface area contributed by atoms with Crippen LogP contribution >= 0.6 is 0 Å². The van der Waals surface area contributed by atoms with E-state index < -0.39 is 0 Å². The maximum Gasteiger partial charge on any atom is 0.224 e. The monoisotopic (exact) mass is 410 g/mol. The molecule has 1 heterocycles. The smallest absolute Gasteiger partial charge is 0.224 e. The number of nitrogens with zero attached hydrogens (tertiary/aromatic N) is 1. The largest absolute Gasteiger partial charge is 0.497 e. The third kappa shape index (κ3) is 5.48. The Hall–Kier alpha value is -3.66. The summed E-state index contributed by atoms with van der Waals surface area (Å²) in [7, 11) is 1.64. The summed E-state index contributed by atoms with van der Waals surface area (Å²) in [5.74, 6) is 0.846. The van der Waals surface area contributed by atoms with Gasteiger partial charge < -0.3 is 10.1 Å². The Bertz CT molecular complexity index is 1150. The van der Waals surface area contributed by atoms with Crippen molar-refractivity contribution in [2.75, 3.05) is 13.7 Å². The lowest BCUT2D eigenvalue weighted by atomic mass is 10.0. The lowest BCUT2D eigenvalue weighted by molar-refractivity contribution is -0.120. The lowest BCUT2D eigenvalue weighted by Gasteiger charge is -2.08. The second kappa shape index (κ2) is 9.90. The van der Waals surface area contributed by atoms with Gasteiger partial charge in [-0.1, -0.05) is 48.5 Å². The van der Waals surface area contributed by atoms with E-state index in [1.165, 1.54) is 16.7 Å². The summed E-state index contributed by atoms with van der Waals surface area (Å²) in [6.45, 7) is 0.675. The molecule has 0 unspecified atom stereocenters. The van der Waals surface area contributed by atoms with Gasteiger partial charge >= 0.3 is 0 Å². The number of nitrogens with one attached hydrogen (secondary N) is 1. The van der Waals surface area contributed by atoms with E-state index in [9.17, 15) is 4.79 Å². The number of amides is 1. The number of aromatic nitrogens is 1. The number of carbonyl (C=O) groups excluding carboxylic acids is 1. The van der Waals surface area contributed by atoms with Crippen LogP contribution in [0.2, 0.25) is 0 Å². The molecule has 0 aliphatic heterocycles. The quantitative estimate of drug-likeness (QED) is 0.406. The van der Waals surface area contributed by atoms with Gasteiger partial charge in [0.15, 0.2) is 0 Å². The second-order valence-electron chi connectivity index (χ2n) is 7.59. The van der Waals surface area contributed by atoms with E-state index in [2.05, 4.69) is 58.8 Å². The number of hydrogen-bond acceptors (Lipinski definition) is 3. The van der Waals surface area contributed by atoms with Gasteiger partial charge in [0.2, 0.25) is 5.91 Å². The number of aryl methyl sites for hydroxylation is 1. The van der Waals surface area contributed by atoms with Crippen LogP contribution in [0.25, 0.3) is 22.0 Å². The van der Waals surface area contributed by atoms with Crippen molar-refractivity contribution in [3.05, 3.63) is 96.2 Å². The first-order chi connectivity index (χ1) is 15.2. The van der Waals surface area contributed by atoms with E-state index in [-0.39, 0.29) is 5.91 Å². The van der Waals surface area contributed by atoms with Gasteiger partial charge in [0.05, 0.1) is 19.0 Å². The van der Waals surface area contributed by atoms with Crippen molar-refractivity contribution in [1.82, 2.24) is 10.3 Å². The summed E-state index contributed by atoms with van der Waals surface area (Å²) >= 11 is 0. The molecule has 0 saturated carbocycles. The predicted octanol–water partition coefficient (Wildman–Crippen LogP) is 5.20. The molecule has 3 aromatic carbocycles. The molecule has 0 atom stereocenters. The average Bonchev–Trinajstić information content (AvgIpc) is 2.82. The number of pyridine rings is 1. The molecule has 4 aromatic rings. The number of ether oxygens (including phenoxy) is 1. The SMILES string of the molecule is COc1ccc(CC(=O)NCCCc2ccc(-c3ccc4ncccc4c3)cc2)cc1. The molecule has 31 heavy (non-hydrogen) atoms. The first kappa shape index (κ1) is 20.6. The fraction of sp³-hybridized carbons (Fsp3) is 0.185. The van der Waals surface area contributed by atoms with Gasteiger partial charge in [-0.05, 0) is 65.4 Å². The van der Waals surface area contributed by atoms with Gasteiger partial charge in [-0.3, -0.25) is 9.78 Å². The van der Waals surface area contributed by atoms with E-state index in [4.69, 9.17) is 4.74 Å². The van der Waals surface area contributed by atoms with Crippen LogP contribution in [0.4, 0.5) is 0 Å². The molecule has 1 N–H and O–H groups in total. The van der Waals surface area contributed by atoms with Crippen LogP contribution < -0.4 is 10.1 Å². The Morgan fingerprint density at radius 2 is 1.65 bits per heavy atom. The van der Waals surface area contributed by atoms with E-state index in [0.29, 0.717) is 13.0 Å². The molecular weight excluding hydrogens is 384 g/mol. The minimum atomic E-state index is 0.0475. The molecule has 4 heteroatoms. The average molecular weight is 411 g/mol. The number of rotatable bonds is 8. The first-order valence-corrected chi connectivity index (χ1v) is 10.5. The van der Waals surface area contributed by atoms with Crippen molar-refractivity contribution >= 4 is 16.8 Å². The molecule has 0 fully saturated rings. The number of fused-ring (bicyclic) bond motifs is 1. The Balaban J connectivity index is 1.25. The highest BCUT2D eigenvalue weighted by atomic mass is 16.5. The highest BCUT2D eigenvalue weighted by molar-refractivity contribution is 5.84. The molecule has 1 aromatic heterocycles. The molecule has 1 amide bonds. The third-order valence-electron chi connectivity index (χ3n) is 5.38. The van der Waals surface area contributed by atoms with Crippen LogP contribution in [0.3, 0.4) is 0 Å². The Morgan fingerprint density at radius 1 is 0.903 bits per heavy atom. The summed E-state index contributed by atoms with van der Waals surface area (Å²) in [6, 6.07) is 26.7. The Labute approximate surface area is 182 Å². The van der Waals surface area contributed by atoms with Crippen LogP contribution in [-0.4, -0.2) is 24.5 Å². The molecule has 4 rings (SSSR count). The standard InChI is InChI=1S/C27H26N2O2/c1-31-25-13-8-21(9-14-25)18-27(30)29-17-2-4-20-6-10-22(11-7-20)23-12-15-26-24(19-23)5-3-16-28-26/h3,5-16,19H,2,4,17-18H2,1H3,(H,29,30). The third-order valence-corrected chi connectivity index (χ3v) is 5.38. The molecule has 0 saturated heterocycles. The molecule has 0 radical (unpaired) electrons. The van der Waals surface area contributed by atoms with Gasteiger partial charge in [-0.25, -0.2) is 0 Å². The van der Waals surface area contributed by atoms with Gasteiger partial charge in [0.25, 0.3) is 0 Å². The Kier molecular flexibility index (Phi) is 6.58. The summed E-state index contributed by atoms with van der Waals surface area (Å²) in [4.78, 5) is 16.5. The zero-order valence-electron chi connectivity index (χ0n) is 17.7. The maximum atomic E-state index is 12.1. The summed E-state index contributed by atoms with van der Waals surface area (Å²) in [5, 5.41) is 4.16. The number of carbonyl (C=O) groups is 1. The van der Waals surface area contributed by atoms with Crippen molar-refractivity contribution in [3.63, 3.8) is 0 Å². The molecule has 0 bridgehead atoms. The van der Waals surface area contributed by atoms with Gasteiger partial charge in [-0.15, -0.1) is 0 Å². The van der Waals surface area contributed by atoms with E-state index in [0.717, 1.165) is 35.1 Å². The zero-order valence-corrected chi connectivity index (χ0v) is 17.7. The van der Waals surface area contributed by atoms with E-state index in [1.54, 1.807) is 7.11 Å². The maximum absolute atomic E-state index is 12.1. The fourth-order valence-corrected chi connectivity index (χ4v) is 3.63. The minimum absolute atomic E-state index is 0.0475. The Morgan fingerprint density at radius 3 is 2.42 bits per heavy atom. The highest BCUT2D eigenvalue weighted by Gasteiger charge is 2.04. The van der Waals surface area contributed by atoms with Crippen molar-refractivity contribution in [1.29, 1.82) is 0 Å². The first-order valence-electron chi connectivity index (χ1n) is 10.5. The van der Waals surface area contributed by atoms with Crippen LogP contribution in [0.15, 0.2) is 85.1 Å². The van der Waals surface area contributed by atoms with Crippen molar-refractivity contribution in [2.24, 2.45) is 0 Å². The predicted molar refractivity (Wildman–Crippen MR) is 125 cm³/mol. The number of hydrogen-bond donors (Lipinski definition) is 1. The van der Waals surface area contributed by atoms with E-state index >= 15 is 0 Å². The minimum Gasteiger partial charge on any atom is -0.497 e. The van der Waals surface area contributed by atoms with Crippen LogP contribution in [0.5, 0.6) is 5.75 Å². The molecule has 0 spiro atoms. The topological polar surface area (TPSA) is 51.2 Å². The highest BCUT2D eigenvalue weighted by Crippen LogP contribution is 2.24. The number of methoxy groups -OCH3 is 1. The van der Waals surface area contributed by atoms with E-state index in [1.807, 2.05) is 36.5 Å². The van der Waals surface area contributed by atoms with Gasteiger partial charge in [-0.2, -0.15) is 0 Å². The second-order valence-corrected chi connectivity index (χ2v) is 7.59. The molecule has 4 nitrogen and oxygen atoms in total. The van der Waals surface area contributed by atoms with Crippen LogP contribution in [0.1, 0.15) is 17.5 Å².